The van der Waals surface area contributed by atoms with Gasteiger partial charge in [-0.15, -0.1) is 0 Å². The molecule has 0 aromatic carbocycles. The van der Waals surface area contributed by atoms with Crippen LogP contribution in [0.2, 0.25) is 0 Å². The predicted octanol–water partition coefficient (Wildman–Crippen LogP) is -1.39. The first-order valence-corrected chi connectivity index (χ1v) is 3.77. The first-order valence-electron chi connectivity index (χ1n) is 3.77. The summed E-state index contributed by atoms with van der Waals surface area (Å²) >= 11 is 0. The second kappa shape index (κ2) is 5.18. The van der Waals surface area contributed by atoms with E-state index in [-0.39, 0.29) is 43.3 Å². The minimum Gasteiger partial charge on any atom is -0.529 e. The number of allylic oxidation sites excluding steroid dienone is 2. The van der Waals surface area contributed by atoms with E-state index >= 15 is 0 Å². The van der Waals surface area contributed by atoms with E-state index in [2.05, 4.69) is 11.8 Å². The minimum atomic E-state index is -0.971. The van der Waals surface area contributed by atoms with Gasteiger partial charge >= 0.3 is 0 Å². The first-order chi connectivity index (χ1) is 5.52. The van der Waals surface area contributed by atoms with E-state index in [9.17, 15) is 10.2 Å². The van der Waals surface area contributed by atoms with Gasteiger partial charge in [-0.2, -0.15) is 11.6 Å². The summed E-state index contributed by atoms with van der Waals surface area (Å²) in [5.74, 6) is -0.191. The van der Waals surface area contributed by atoms with E-state index in [1.54, 1.807) is 6.92 Å². The molecule has 0 saturated carbocycles. The molecule has 0 aromatic heterocycles. The van der Waals surface area contributed by atoms with Crippen molar-refractivity contribution in [3.63, 3.8) is 0 Å². The fourth-order valence-corrected chi connectivity index (χ4v) is 1.09. The molecule has 2 unspecified atom stereocenters. The Hall–Kier alpha value is 0.212. The molecule has 0 aromatic rings. The van der Waals surface area contributed by atoms with E-state index in [0.717, 1.165) is 0 Å². The molecule has 4 nitrogen and oxygen atoms in total. The zero-order chi connectivity index (χ0) is 9.30. The maximum Gasteiger partial charge on any atom is 0.166 e. The SMILES string of the molecule is CC1=C([NH3+])C([OH2+])CC(O)C(O)=[C-]1.[U]. The van der Waals surface area contributed by atoms with Crippen molar-refractivity contribution in [3.8, 4) is 0 Å². The Bertz CT molecular complexity index is 250. The third-order valence-electron chi connectivity index (χ3n) is 1.99. The van der Waals surface area contributed by atoms with Gasteiger partial charge in [0.25, 0.3) is 0 Å². The van der Waals surface area contributed by atoms with Gasteiger partial charge in [-0.1, -0.05) is 6.92 Å². The molecule has 1 aliphatic carbocycles. The number of hydrogen-bond acceptors (Lipinski definition) is 2. The Balaban J connectivity index is 0.00000144. The summed E-state index contributed by atoms with van der Waals surface area (Å²) in [6.07, 6.45) is 1.27. The van der Waals surface area contributed by atoms with Crippen molar-refractivity contribution in [2.24, 2.45) is 0 Å². The molecule has 0 amide bonds. The van der Waals surface area contributed by atoms with E-state index in [1.165, 1.54) is 0 Å². The number of hydrogen-bond donors (Lipinski definition) is 3. The standard InChI is InChI=1S/C8H12NO3.U/c1-4-2-5(10)6(11)3-7(12)8(4)9;/h6-7,10-12H,3,9H2,1H3;/q-1;/p+2. The molecule has 0 heterocycles. The van der Waals surface area contributed by atoms with E-state index in [4.69, 9.17) is 5.11 Å². The fraction of sp³-hybridized carbons (Fsp3) is 0.500. The zero-order valence-corrected chi connectivity index (χ0v) is 11.6. The normalized spacial score (nSPS) is 29.1. The van der Waals surface area contributed by atoms with Gasteiger partial charge in [-0.3, -0.25) is 0 Å². The maximum atomic E-state index is 9.24. The van der Waals surface area contributed by atoms with Crippen LogP contribution in [0.4, 0.5) is 0 Å². The Morgan fingerprint density at radius 1 is 1.62 bits per heavy atom. The molecule has 1 aliphatic rings. The average molecular weight is 410 g/mol. The van der Waals surface area contributed by atoms with Crippen LogP contribution in [0.3, 0.4) is 0 Å². The average Bonchev–Trinajstić information content (AvgIpc) is 2.07. The first kappa shape index (κ1) is 13.2. The van der Waals surface area contributed by atoms with Gasteiger partial charge in [0.1, 0.15) is 0 Å². The molecule has 0 saturated heterocycles. The topological polar surface area (TPSA) is 91.0 Å². The predicted molar refractivity (Wildman–Crippen MR) is 43.0 cm³/mol. The van der Waals surface area contributed by atoms with E-state index in [0.29, 0.717) is 11.3 Å². The van der Waals surface area contributed by atoms with Gasteiger partial charge in [0.2, 0.25) is 0 Å². The summed E-state index contributed by atoms with van der Waals surface area (Å²) in [6.45, 7) is 1.72. The van der Waals surface area contributed by atoms with Crippen molar-refractivity contribution in [2.75, 3.05) is 0 Å². The molecule has 13 heavy (non-hydrogen) atoms. The van der Waals surface area contributed by atoms with Crippen LogP contribution in [-0.4, -0.2) is 27.5 Å². The molecule has 0 radical (unpaired) electrons. The van der Waals surface area contributed by atoms with Gasteiger partial charge in [0.15, 0.2) is 6.10 Å². The number of quaternary nitrogens is 1. The quantitative estimate of drug-likeness (QED) is 0.339. The van der Waals surface area contributed by atoms with Crippen LogP contribution in [0.15, 0.2) is 17.0 Å². The van der Waals surface area contributed by atoms with Gasteiger partial charge in [0.05, 0.1) is 6.10 Å². The number of aliphatic hydroxyl groups excluding tert-OH is 2. The van der Waals surface area contributed by atoms with E-state index in [1.807, 2.05) is 0 Å². The largest absolute Gasteiger partial charge is 0.529 e. The Kier molecular flexibility index (Phi) is 5.27. The van der Waals surface area contributed by atoms with Crippen molar-refractivity contribution < 1.29 is 52.2 Å². The minimum absolute atomic E-state index is 0. The summed E-state index contributed by atoms with van der Waals surface area (Å²) in [4.78, 5) is 0. The summed E-state index contributed by atoms with van der Waals surface area (Å²) in [5, 5.41) is 25.9. The molecule has 1 rings (SSSR count). The van der Waals surface area contributed by atoms with Gasteiger partial charge < -0.3 is 21.1 Å². The molecule has 7 N–H and O–H groups in total. The van der Waals surface area contributed by atoms with Crippen LogP contribution in [-0.2, 0) is 0 Å². The monoisotopic (exact) mass is 410 g/mol. The maximum absolute atomic E-state index is 9.24. The Labute approximate surface area is 101 Å². The molecule has 5 heteroatoms. The summed E-state index contributed by atoms with van der Waals surface area (Å²) in [7, 11) is 0. The fourth-order valence-electron chi connectivity index (χ4n) is 1.09. The molecule has 0 fully saturated rings. The molecule has 0 aliphatic heterocycles. The summed E-state index contributed by atoms with van der Waals surface area (Å²) in [6, 6.07) is 0. The molecule has 72 valence electrons. The Morgan fingerprint density at radius 3 is 2.69 bits per heavy atom. The van der Waals surface area contributed by atoms with Gasteiger partial charge in [-0.25, -0.2) is 0 Å². The van der Waals surface area contributed by atoms with E-state index < -0.39 is 12.2 Å². The van der Waals surface area contributed by atoms with Crippen molar-refractivity contribution in [1.82, 2.24) is 0 Å². The third-order valence-corrected chi connectivity index (χ3v) is 1.99. The molecule has 0 bridgehead atoms. The molecular weight excluding hydrogens is 396 g/mol. The van der Waals surface area contributed by atoms with Gasteiger partial charge in [0, 0.05) is 49.0 Å². The van der Waals surface area contributed by atoms with Crippen molar-refractivity contribution >= 4 is 0 Å². The van der Waals surface area contributed by atoms with Crippen LogP contribution < -0.4 is 5.73 Å². The molecular formula is C8H14NO3U+. The third kappa shape index (κ3) is 3.12. The number of aliphatic hydroxyl groups is 2. The summed E-state index contributed by atoms with van der Waals surface area (Å²) in [5.41, 5.74) is 4.93. The molecule has 2 atom stereocenters. The van der Waals surface area contributed by atoms with Gasteiger partial charge in [-0.05, 0) is 0 Å². The second-order valence-electron chi connectivity index (χ2n) is 2.96. The van der Waals surface area contributed by atoms with Crippen molar-refractivity contribution in [2.45, 2.75) is 25.6 Å². The summed E-state index contributed by atoms with van der Waals surface area (Å²) < 4.78 is 0. The van der Waals surface area contributed by atoms with Crippen LogP contribution in [0.25, 0.3) is 0 Å². The van der Waals surface area contributed by atoms with Crippen molar-refractivity contribution in [1.29, 1.82) is 0 Å². The molecule has 0 spiro atoms. The van der Waals surface area contributed by atoms with Crippen LogP contribution in [0.5, 0.6) is 0 Å². The van der Waals surface area contributed by atoms with Crippen LogP contribution in [0.1, 0.15) is 13.3 Å². The second-order valence-corrected chi connectivity index (χ2v) is 2.96. The number of rotatable bonds is 0. The van der Waals surface area contributed by atoms with Crippen LogP contribution >= 0.6 is 0 Å². The van der Waals surface area contributed by atoms with Crippen molar-refractivity contribution in [3.05, 3.63) is 23.1 Å². The zero-order valence-electron chi connectivity index (χ0n) is 7.46. The van der Waals surface area contributed by atoms with Crippen LogP contribution in [0, 0.1) is 37.2 Å². The smallest absolute Gasteiger partial charge is 0.166 e. The Morgan fingerprint density at radius 2 is 2.15 bits per heavy atom.